The molecule has 3 rings (SSSR count). The summed E-state index contributed by atoms with van der Waals surface area (Å²) in [6.45, 7) is 6.38. The third-order valence-electron chi connectivity index (χ3n) is 4.22. The van der Waals surface area contributed by atoms with Crippen molar-refractivity contribution in [2.24, 2.45) is 5.84 Å². The molecule has 0 aliphatic carbocycles. The molecule has 0 bridgehead atoms. The van der Waals surface area contributed by atoms with Crippen LogP contribution in [0, 0.1) is 0 Å². The molecule has 8 heteroatoms. The van der Waals surface area contributed by atoms with Gasteiger partial charge in [-0.05, 0) is 19.4 Å². The average molecular weight is 279 g/mol. The zero-order valence-electron chi connectivity index (χ0n) is 11.5. The van der Waals surface area contributed by atoms with Crippen LogP contribution in [0.4, 0.5) is 0 Å². The molecule has 1 atom stereocenters. The summed E-state index contributed by atoms with van der Waals surface area (Å²) in [5.74, 6) is 4.66. The lowest BCUT2D eigenvalue weighted by atomic mass is 10.1. The van der Waals surface area contributed by atoms with Crippen molar-refractivity contribution in [2.75, 3.05) is 32.7 Å². The Morgan fingerprint density at radius 3 is 3.15 bits per heavy atom. The van der Waals surface area contributed by atoms with Gasteiger partial charge in [-0.1, -0.05) is 5.21 Å². The molecule has 20 heavy (non-hydrogen) atoms. The Hall–Kier alpha value is -1.51. The van der Waals surface area contributed by atoms with Gasteiger partial charge in [0.2, 0.25) is 0 Å². The molecule has 1 unspecified atom stereocenters. The maximum absolute atomic E-state index is 11.3. The zero-order chi connectivity index (χ0) is 13.9. The second-order valence-corrected chi connectivity index (χ2v) is 5.47. The lowest BCUT2D eigenvalue weighted by molar-refractivity contribution is 0.0948. The van der Waals surface area contributed by atoms with Gasteiger partial charge in [-0.3, -0.25) is 24.7 Å². The number of carbonyl (C=O) groups excluding carboxylic acids is 1. The first-order valence-corrected chi connectivity index (χ1v) is 7.14. The summed E-state index contributed by atoms with van der Waals surface area (Å²) in [5, 5.41) is 7.75. The number of amides is 1. The van der Waals surface area contributed by atoms with Crippen LogP contribution in [0.5, 0.6) is 0 Å². The molecule has 2 aliphatic heterocycles. The molecule has 0 aromatic carbocycles. The van der Waals surface area contributed by atoms with E-state index in [2.05, 4.69) is 25.5 Å². The molecule has 2 saturated heterocycles. The number of fused-ring (bicyclic) bond motifs is 1. The summed E-state index contributed by atoms with van der Waals surface area (Å²) in [5.41, 5.74) is 2.31. The molecule has 3 N–H and O–H groups in total. The van der Waals surface area contributed by atoms with Crippen LogP contribution in [0.3, 0.4) is 0 Å². The predicted molar refractivity (Wildman–Crippen MR) is 72.7 cm³/mol. The van der Waals surface area contributed by atoms with Crippen LogP contribution < -0.4 is 11.3 Å². The fraction of sp³-hybridized carbons (Fsp3) is 0.750. The van der Waals surface area contributed by atoms with Crippen LogP contribution in [0.1, 0.15) is 23.3 Å². The number of hydrazine groups is 1. The summed E-state index contributed by atoms with van der Waals surface area (Å²) >= 11 is 0. The molecule has 0 saturated carbocycles. The molecule has 8 nitrogen and oxygen atoms in total. The van der Waals surface area contributed by atoms with E-state index >= 15 is 0 Å². The minimum Gasteiger partial charge on any atom is -0.299 e. The van der Waals surface area contributed by atoms with Gasteiger partial charge in [0.15, 0.2) is 5.69 Å². The average Bonchev–Trinajstić information content (AvgIpc) is 3.12. The van der Waals surface area contributed by atoms with Gasteiger partial charge in [0.05, 0.1) is 12.7 Å². The number of hydrogen-bond donors (Lipinski definition) is 2. The van der Waals surface area contributed by atoms with Crippen LogP contribution in [0.25, 0.3) is 0 Å². The Morgan fingerprint density at radius 2 is 2.30 bits per heavy atom. The van der Waals surface area contributed by atoms with E-state index in [1.165, 1.54) is 25.9 Å². The number of piperazine rings is 1. The molecule has 1 aromatic heterocycles. The van der Waals surface area contributed by atoms with E-state index in [-0.39, 0.29) is 5.69 Å². The Labute approximate surface area is 117 Å². The predicted octanol–water partition coefficient (Wildman–Crippen LogP) is -1.34. The van der Waals surface area contributed by atoms with E-state index < -0.39 is 5.91 Å². The van der Waals surface area contributed by atoms with Crippen LogP contribution >= 0.6 is 0 Å². The minimum atomic E-state index is -0.407. The lowest BCUT2D eigenvalue weighted by Crippen LogP contribution is -2.50. The fourth-order valence-electron chi connectivity index (χ4n) is 3.09. The number of aromatic nitrogens is 3. The minimum absolute atomic E-state index is 0.258. The maximum atomic E-state index is 11.3. The maximum Gasteiger partial charge on any atom is 0.287 e. The molecule has 3 heterocycles. The Bertz CT molecular complexity index is 474. The molecular formula is C12H21N7O. The fourth-order valence-corrected chi connectivity index (χ4v) is 3.09. The molecule has 0 radical (unpaired) electrons. The summed E-state index contributed by atoms with van der Waals surface area (Å²) in [7, 11) is 0. The lowest BCUT2D eigenvalue weighted by Gasteiger charge is -2.37. The highest BCUT2D eigenvalue weighted by Crippen LogP contribution is 2.21. The van der Waals surface area contributed by atoms with Crippen LogP contribution in [-0.2, 0) is 6.54 Å². The molecule has 110 valence electrons. The second-order valence-electron chi connectivity index (χ2n) is 5.47. The number of nitrogens with one attached hydrogen (secondary N) is 1. The van der Waals surface area contributed by atoms with E-state index in [1.54, 1.807) is 10.9 Å². The van der Waals surface area contributed by atoms with Crippen molar-refractivity contribution in [1.82, 2.24) is 30.2 Å². The Kier molecular flexibility index (Phi) is 3.95. The second kappa shape index (κ2) is 5.86. The standard InChI is InChI=1S/C12H21N7O/c13-14-12(20)11-9-19(16-15-11)7-5-17-4-6-18-3-1-2-10(18)8-17/h9-10H,1-8,13H2,(H,14,20). The van der Waals surface area contributed by atoms with Crippen molar-refractivity contribution in [3.63, 3.8) is 0 Å². The van der Waals surface area contributed by atoms with Gasteiger partial charge in [-0.2, -0.15) is 0 Å². The number of nitrogen functional groups attached to an aromatic ring is 1. The van der Waals surface area contributed by atoms with Gasteiger partial charge in [0.1, 0.15) is 0 Å². The summed E-state index contributed by atoms with van der Waals surface area (Å²) in [4.78, 5) is 16.4. The van der Waals surface area contributed by atoms with Crippen molar-refractivity contribution < 1.29 is 4.79 Å². The number of rotatable bonds is 4. The highest BCUT2D eigenvalue weighted by atomic mass is 16.2. The summed E-state index contributed by atoms with van der Waals surface area (Å²) in [6, 6.07) is 0.734. The van der Waals surface area contributed by atoms with Gasteiger partial charge < -0.3 is 0 Å². The monoisotopic (exact) mass is 279 g/mol. The van der Waals surface area contributed by atoms with E-state index in [1.807, 2.05) is 0 Å². The molecular weight excluding hydrogens is 258 g/mol. The van der Waals surface area contributed by atoms with Gasteiger partial charge in [-0.15, -0.1) is 5.10 Å². The third-order valence-corrected chi connectivity index (χ3v) is 4.22. The van der Waals surface area contributed by atoms with E-state index in [0.717, 1.165) is 32.2 Å². The van der Waals surface area contributed by atoms with E-state index in [0.29, 0.717) is 0 Å². The third kappa shape index (κ3) is 2.82. The number of carbonyl (C=O) groups is 1. The van der Waals surface area contributed by atoms with Crippen molar-refractivity contribution in [2.45, 2.75) is 25.4 Å². The number of hydrogen-bond acceptors (Lipinski definition) is 6. The highest BCUT2D eigenvalue weighted by Gasteiger charge is 2.30. The smallest absolute Gasteiger partial charge is 0.287 e. The molecule has 2 aliphatic rings. The van der Waals surface area contributed by atoms with E-state index in [4.69, 9.17) is 5.84 Å². The van der Waals surface area contributed by atoms with Gasteiger partial charge in [0, 0.05) is 32.2 Å². The van der Waals surface area contributed by atoms with Crippen LogP contribution in [0.15, 0.2) is 6.20 Å². The number of nitrogens with two attached hydrogens (primary N) is 1. The van der Waals surface area contributed by atoms with Crippen LogP contribution in [-0.4, -0.2) is 69.5 Å². The van der Waals surface area contributed by atoms with Crippen LogP contribution in [0.2, 0.25) is 0 Å². The Morgan fingerprint density at radius 1 is 1.40 bits per heavy atom. The largest absolute Gasteiger partial charge is 0.299 e. The van der Waals surface area contributed by atoms with E-state index in [9.17, 15) is 4.79 Å². The molecule has 1 aromatic rings. The SMILES string of the molecule is NNC(=O)c1cn(CCN2CCN3CCCC3C2)nn1. The summed E-state index contributed by atoms with van der Waals surface area (Å²) in [6.07, 6.45) is 4.29. The quantitative estimate of drug-likeness (QED) is 0.403. The normalized spacial score (nSPS) is 23.8. The Balaban J connectivity index is 1.49. The summed E-state index contributed by atoms with van der Waals surface area (Å²) < 4.78 is 1.70. The van der Waals surface area contributed by atoms with Gasteiger partial charge in [-0.25, -0.2) is 5.84 Å². The molecule has 0 spiro atoms. The highest BCUT2D eigenvalue weighted by molar-refractivity contribution is 5.91. The zero-order valence-corrected chi connectivity index (χ0v) is 11.5. The molecule has 1 amide bonds. The topological polar surface area (TPSA) is 92.3 Å². The molecule has 2 fully saturated rings. The number of nitrogens with zero attached hydrogens (tertiary/aromatic N) is 5. The van der Waals surface area contributed by atoms with Crippen molar-refractivity contribution in [3.8, 4) is 0 Å². The van der Waals surface area contributed by atoms with Gasteiger partial charge >= 0.3 is 0 Å². The first kappa shape index (κ1) is 13.5. The van der Waals surface area contributed by atoms with Crippen molar-refractivity contribution >= 4 is 5.91 Å². The first-order chi connectivity index (χ1) is 9.76. The van der Waals surface area contributed by atoms with Crippen molar-refractivity contribution in [3.05, 3.63) is 11.9 Å². The first-order valence-electron chi connectivity index (χ1n) is 7.14. The van der Waals surface area contributed by atoms with Gasteiger partial charge in [0.25, 0.3) is 5.91 Å². The van der Waals surface area contributed by atoms with Crippen molar-refractivity contribution in [1.29, 1.82) is 0 Å².